The number of aliphatic hydroxyl groups excluding tert-OH is 1. The second-order valence-corrected chi connectivity index (χ2v) is 2.62. The van der Waals surface area contributed by atoms with Gasteiger partial charge in [-0.3, -0.25) is 0 Å². The Morgan fingerprint density at radius 1 is 1.50 bits per heavy atom. The Kier molecular flexibility index (Phi) is 5.64. The number of rotatable bonds is 2. The van der Waals surface area contributed by atoms with Crippen LogP contribution in [0.1, 0.15) is 26.7 Å². The van der Waals surface area contributed by atoms with Crippen molar-refractivity contribution >= 4 is 0 Å². The third kappa shape index (κ3) is 3.85. The van der Waals surface area contributed by atoms with Crippen molar-refractivity contribution in [1.82, 2.24) is 5.32 Å². The van der Waals surface area contributed by atoms with Gasteiger partial charge in [-0.15, -0.1) is 0 Å². The van der Waals surface area contributed by atoms with E-state index in [1.807, 2.05) is 7.05 Å². The van der Waals surface area contributed by atoms with Crippen LogP contribution in [0, 0.1) is 5.92 Å². The van der Waals surface area contributed by atoms with E-state index in [9.17, 15) is 0 Å². The van der Waals surface area contributed by atoms with Gasteiger partial charge in [-0.2, -0.15) is 0 Å². The highest BCUT2D eigenvalue weighted by Gasteiger charge is 2.33. The molecule has 0 aromatic carbocycles. The summed E-state index contributed by atoms with van der Waals surface area (Å²) >= 11 is 0. The van der Waals surface area contributed by atoms with Crippen molar-refractivity contribution in [3.05, 3.63) is 0 Å². The fraction of sp³-hybridized carbons (Fsp3) is 1.00. The van der Waals surface area contributed by atoms with E-state index in [0.717, 1.165) is 12.0 Å². The monoisotopic (exact) mass is 145 g/mol. The number of aliphatic hydroxyl groups is 1. The molecule has 0 aromatic heterocycles. The molecule has 2 unspecified atom stereocenters. The molecule has 0 bridgehead atoms. The maximum Gasteiger partial charge on any atom is 0.0402 e. The Bertz CT molecular complexity index is 67.7. The average Bonchev–Trinajstić information content (AvgIpc) is 2.67. The van der Waals surface area contributed by atoms with Gasteiger partial charge in [0, 0.05) is 12.6 Å². The molecule has 0 aliphatic heterocycles. The quantitative estimate of drug-likeness (QED) is 0.607. The Labute approximate surface area is 63.6 Å². The molecule has 2 heteroatoms. The fourth-order valence-corrected chi connectivity index (χ4v) is 1.05. The minimum absolute atomic E-state index is 0.250. The second-order valence-electron chi connectivity index (χ2n) is 2.62. The van der Waals surface area contributed by atoms with Crippen molar-refractivity contribution in [2.75, 3.05) is 13.7 Å². The third-order valence-electron chi connectivity index (χ3n) is 1.82. The summed E-state index contributed by atoms with van der Waals surface area (Å²) in [5.41, 5.74) is 0. The van der Waals surface area contributed by atoms with Crippen molar-refractivity contribution in [2.45, 2.75) is 32.7 Å². The van der Waals surface area contributed by atoms with E-state index >= 15 is 0 Å². The summed E-state index contributed by atoms with van der Waals surface area (Å²) in [5.74, 6) is 1.00. The lowest BCUT2D eigenvalue weighted by Gasteiger charge is -1.89. The van der Waals surface area contributed by atoms with Crippen LogP contribution in [0.5, 0.6) is 0 Å². The molecule has 0 radical (unpaired) electrons. The molecular weight excluding hydrogens is 126 g/mol. The van der Waals surface area contributed by atoms with E-state index in [4.69, 9.17) is 5.11 Å². The minimum Gasteiger partial charge on any atom is -0.397 e. The molecule has 1 saturated carbocycles. The molecule has 1 aliphatic rings. The van der Waals surface area contributed by atoms with Crippen LogP contribution in [0.3, 0.4) is 0 Å². The summed E-state index contributed by atoms with van der Waals surface area (Å²) in [7, 11) is 2.04. The first-order valence-electron chi connectivity index (χ1n) is 4.08. The standard InChI is InChI=1S/C6H13N.C2H6O/c1-3-5-4-6(5)7-2;1-2-3/h5-7H,3-4H2,1-2H3;3H,2H2,1H3. The van der Waals surface area contributed by atoms with Crippen LogP contribution in [0.2, 0.25) is 0 Å². The number of hydrogen-bond donors (Lipinski definition) is 2. The molecule has 0 amide bonds. The molecule has 0 aromatic rings. The zero-order chi connectivity index (χ0) is 7.98. The molecule has 2 nitrogen and oxygen atoms in total. The topological polar surface area (TPSA) is 32.3 Å². The molecule has 1 fully saturated rings. The van der Waals surface area contributed by atoms with Crippen LogP contribution in [0.15, 0.2) is 0 Å². The van der Waals surface area contributed by atoms with Gasteiger partial charge < -0.3 is 10.4 Å². The average molecular weight is 145 g/mol. The first-order valence-corrected chi connectivity index (χ1v) is 4.08. The van der Waals surface area contributed by atoms with Gasteiger partial charge in [0.2, 0.25) is 0 Å². The van der Waals surface area contributed by atoms with Crippen LogP contribution in [0.25, 0.3) is 0 Å². The van der Waals surface area contributed by atoms with E-state index in [1.165, 1.54) is 12.8 Å². The predicted molar refractivity (Wildman–Crippen MR) is 44.0 cm³/mol. The van der Waals surface area contributed by atoms with Crippen molar-refractivity contribution in [3.8, 4) is 0 Å². The smallest absolute Gasteiger partial charge is 0.0402 e. The Morgan fingerprint density at radius 3 is 2.10 bits per heavy atom. The van der Waals surface area contributed by atoms with Crippen LogP contribution >= 0.6 is 0 Å². The Balaban J connectivity index is 0.000000236. The highest BCUT2D eigenvalue weighted by Crippen LogP contribution is 2.32. The Morgan fingerprint density at radius 2 is 2.00 bits per heavy atom. The van der Waals surface area contributed by atoms with Gasteiger partial charge in [0.1, 0.15) is 0 Å². The molecule has 0 saturated heterocycles. The summed E-state index contributed by atoms with van der Waals surface area (Å²) in [5, 5.41) is 10.8. The SMILES string of the molecule is CCC1CC1NC.CCO. The van der Waals surface area contributed by atoms with E-state index in [-0.39, 0.29) is 6.61 Å². The van der Waals surface area contributed by atoms with Gasteiger partial charge >= 0.3 is 0 Å². The van der Waals surface area contributed by atoms with Gasteiger partial charge in [0.25, 0.3) is 0 Å². The van der Waals surface area contributed by atoms with Gasteiger partial charge in [-0.25, -0.2) is 0 Å². The first-order chi connectivity index (χ1) is 4.79. The van der Waals surface area contributed by atoms with Gasteiger partial charge in [0.05, 0.1) is 0 Å². The summed E-state index contributed by atoms with van der Waals surface area (Å²) in [4.78, 5) is 0. The summed E-state index contributed by atoms with van der Waals surface area (Å²) in [6, 6.07) is 0.866. The predicted octanol–water partition coefficient (Wildman–Crippen LogP) is 1.00. The number of hydrogen-bond acceptors (Lipinski definition) is 2. The van der Waals surface area contributed by atoms with Crippen molar-refractivity contribution in [3.63, 3.8) is 0 Å². The Hall–Kier alpha value is -0.0800. The highest BCUT2D eigenvalue weighted by atomic mass is 16.2. The molecule has 0 heterocycles. The molecule has 0 spiro atoms. The maximum absolute atomic E-state index is 7.57. The number of nitrogens with one attached hydrogen (secondary N) is 1. The van der Waals surface area contributed by atoms with E-state index in [1.54, 1.807) is 6.92 Å². The van der Waals surface area contributed by atoms with Crippen LogP contribution < -0.4 is 5.32 Å². The lowest BCUT2D eigenvalue weighted by atomic mass is 10.3. The summed E-state index contributed by atoms with van der Waals surface area (Å²) in [6.07, 6.45) is 2.76. The zero-order valence-electron chi connectivity index (χ0n) is 7.22. The molecule has 1 rings (SSSR count). The molecule has 10 heavy (non-hydrogen) atoms. The first kappa shape index (κ1) is 9.92. The maximum atomic E-state index is 7.57. The summed E-state index contributed by atoms with van der Waals surface area (Å²) < 4.78 is 0. The van der Waals surface area contributed by atoms with E-state index in [2.05, 4.69) is 12.2 Å². The van der Waals surface area contributed by atoms with Crippen molar-refractivity contribution in [2.24, 2.45) is 5.92 Å². The second kappa shape index (κ2) is 5.69. The molecule has 2 atom stereocenters. The third-order valence-corrected chi connectivity index (χ3v) is 1.82. The van der Waals surface area contributed by atoms with Gasteiger partial charge in [0.15, 0.2) is 0 Å². The van der Waals surface area contributed by atoms with E-state index in [0.29, 0.717) is 0 Å². The minimum atomic E-state index is 0.250. The normalized spacial score (nSPS) is 28.8. The fourth-order valence-electron chi connectivity index (χ4n) is 1.05. The van der Waals surface area contributed by atoms with Crippen LogP contribution in [-0.4, -0.2) is 24.8 Å². The van der Waals surface area contributed by atoms with Gasteiger partial charge in [-0.1, -0.05) is 13.3 Å². The molecule has 62 valence electrons. The molecular formula is C8H19NO. The largest absolute Gasteiger partial charge is 0.397 e. The lowest BCUT2D eigenvalue weighted by Crippen LogP contribution is -2.10. The van der Waals surface area contributed by atoms with Crippen molar-refractivity contribution < 1.29 is 5.11 Å². The molecule has 2 N–H and O–H groups in total. The van der Waals surface area contributed by atoms with Crippen molar-refractivity contribution in [1.29, 1.82) is 0 Å². The molecule has 1 aliphatic carbocycles. The van der Waals surface area contributed by atoms with E-state index < -0.39 is 0 Å². The summed E-state index contributed by atoms with van der Waals surface area (Å²) in [6.45, 7) is 4.18. The van der Waals surface area contributed by atoms with Gasteiger partial charge in [-0.05, 0) is 26.3 Å². The van der Waals surface area contributed by atoms with Crippen LogP contribution in [-0.2, 0) is 0 Å². The zero-order valence-corrected chi connectivity index (χ0v) is 7.22. The van der Waals surface area contributed by atoms with Crippen LogP contribution in [0.4, 0.5) is 0 Å². The highest BCUT2D eigenvalue weighted by molar-refractivity contribution is 4.90. The lowest BCUT2D eigenvalue weighted by molar-refractivity contribution is 0.318.